The number of carbonyl (C=O) groups is 1. The first-order chi connectivity index (χ1) is 6.88. The van der Waals surface area contributed by atoms with Gasteiger partial charge in [-0.05, 0) is 26.7 Å². The van der Waals surface area contributed by atoms with Crippen LogP contribution >= 0.6 is 0 Å². The molecule has 1 rings (SSSR count). The van der Waals surface area contributed by atoms with Crippen molar-refractivity contribution in [1.29, 1.82) is 0 Å². The Morgan fingerprint density at radius 2 is 1.56 bits per heavy atom. The summed E-state index contributed by atoms with van der Waals surface area (Å²) < 4.78 is 0. The molecule has 0 heterocycles. The summed E-state index contributed by atoms with van der Waals surface area (Å²) in [6.45, 7) is 7.30. The number of hydrogen-bond acceptors (Lipinski definition) is 1. The minimum Gasteiger partial charge on any atom is -0.481 e. The Labute approximate surface area is 113 Å². The maximum Gasteiger partial charge on any atom is 0.308 e. The normalized spacial score (nSPS) is 16.8. The largest absolute Gasteiger partial charge is 0.481 e. The topological polar surface area (TPSA) is 37.3 Å². The van der Waals surface area contributed by atoms with Crippen LogP contribution in [-0.4, -0.2) is 11.1 Å². The zero-order valence-electron chi connectivity index (χ0n) is 11.4. The van der Waals surface area contributed by atoms with Gasteiger partial charge in [-0.15, -0.1) is 0 Å². The minimum atomic E-state index is -0.757. The second kappa shape index (κ2) is 9.16. The van der Waals surface area contributed by atoms with Gasteiger partial charge in [0.1, 0.15) is 0 Å². The standard InChI is InChI=1S/C8H16.C5H10O2.Zn/c1-2-8-6-4-3-5-7-8;1-5(2,3)4(6)7;/h8H,2-7H2,1H3;1-3H3,(H,6,7);. The van der Waals surface area contributed by atoms with Crippen molar-refractivity contribution in [3.63, 3.8) is 0 Å². The van der Waals surface area contributed by atoms with Crippen molar-refractivity contribution in [3.8, 4) is 0 Å². The fraction of sp³-hybridized carbons (Fsp3) is 0.923. The predicted molar refractivity (Wildman–Crippen MR) is 64.0 cm³/mol. The molecule has 0 unspecified atom stereocenters. The molecule has 1 aliphatic carbocycles. The second-order valence-electron chi connectivity index (χ2n) is 5.47. The van der Waals surface area contributed by atoms with Gasteiger partial charge in [0.05, 0.1) is 5.41 Å². The molecule has 0 spiro atoms. The van der Waals surface area contributed by atoms with Crippen LogP contribution < -0.4 is 0 Å². The average molecular weight is 280 g/mol. The molecule has 0 bridgehead atoms. The summed E-state index contributed by atoms with van der Waals surface area (Å²) in [4.78, 5) is 10.0. The van der Waals surface area contributed by atoms with Crippen molar-refractivity contribution >= 4 is 5.97 Å². The van der Waals surface area contributed by atoms with E-state index in [0.717, 1.165) is 5.92 Å². The van der Waals surface area contributed by atoms with Crippen molar-refractivity contribution in [2.45, 2.75) is 66.2 Å². The van der Waals surface area contributed by atoms with E-state index in [1.807, 2.05) is 0 Å². The van der Waals surface area contributed by atoms with Crippen LogP contribution in [0, 0.1) is 11.3 Å². The Morgan fingerprint density at radius 1 is 1.19 bits per heavy atom. The summed E-state index contributed by atoms with van der Waals surface area (Å²) in [5.74, 6) is 0.330. The molecule has 92 valence electrons. The van der Waals surface area contributed by atoms with E-state index >= 15 is 0 Å². The van der Waals surface area contributed by atoms with Gasteiger partial charge in [-0.3, -0.25) is 4.79 Å². The van der Waals surface area contributed by atoms with Gasteiger partial charge in [0.15, 0.2) is 0 Å². The van der Waals surface area contributed by atoms with E-state index in [-0.39, 0.29) is 19.5 Å². The first kappa shape index (κ1) is 18.5. The molecule has 0 aromatic carbocycles. The molecule has 0 radical (unpaired) electrons. The van der Waals surface area contributed by atoms with Gasteiger partial charge in [0.25, 0.3) is 0 Å². The predicted octanol–water partition coefficient (Wildman–Crippen LogP) is 4.09. The summed E-state index contributed by atoms with van der Waals surface area (Å²) in [5, 5.41) is 8.25. The smallest absolute Gasteiger partial charge is 0.308 e. The summed E-state index contributed by atoms with van der Waals surface area (Å²) >= 11 is 0. The van der Waals surface area contributed by atoms with Crippen molar-refractivity contribution < 1.29 is 29.4 Å². The van der Waals surface area contributed by atoms with Gasteiger partial charge in [0.2, 0.25) is 0 Å². The van der Waals surface area contributed by atoms with Crippen molar-refractivity contribution in [2.75, 3.05) is 0 Å². The van der Waals surface area contributed by atoms with Crippen LogP contribution in [0.15, 0.2) is 0 Å². The van der Waals surface area contributed by atoms with E-state index in [2.05, 4.69) is 6.92 Å². The second-order valence-corrected chi connectivity index (χ2v) is 5.47. The molecule has 1 N–H and O–H groups in total. The summed E-state index contributed by atoms with van der Waals surface area (Å²) in [6.07, 6.45) is 8.93. The van der Waals surface area contributed by atoms with Gasteiger partial charge in [0, 0.05) is 19.5 Å². The molecule has 0 saturated heterocycles. The van der Waals surface area contributed by atoms with Crippen LogP contribution in [0.1, 0.15) is 66.2 Å². The van der Waals surface area contributed by atoms with Gasteiger partial charge in [-0.1, -0.05) is 45.4 Å². The van der Waals surface area contributed by atoms with Crippen LogP contribution in [0.2, 0.25) is 0 Å². The van der Waals surface area contributed by atoms with Crippen LogP contribution in [0.4, 0.5) is 0 Å². The van der Waals surface area contributed by atoms with E-state index in [9.17, 15) is 4.79 Å². The first-order valence-electron chi connectivity index (χ1n) is 6.11. The summed E-state index contributed by atoms with van der Waals surface area (Å²) in [5.41, 5.74) is -0.583. The number of carboxylic acid groups (broad SMARTS) is 1. The molecule has 0 aromatic heterocycles. The van der Waals surface area contributed by atoms with Crippen molar-refractivity contribution in [3.05, 3.63) is 0 Å². The Morgan fingerprint density at radius 3 is 1.75 bits per heavy atom. The van der Waals surface area contributed by atoms with Gasteiger partial charge in [-0.2, -0.15) is 0 Å². The number of aliphatic carboxylic acids is 1. The van der Waals surface area contributed by atoms with Crippen LogP contribution in [-0.2, 0) is 24.3 Å². The maximum atomic E-state index is 10.0. The first-order valence-corrected chi connectivity index (χ1v) is 6.11. The zero-order valence-corrected chi connectivity index (χ0v) is 14.3. The third kappa shape index (κ3) is 9.33. The third-order valence-electron chi connectivity index (χ3n) is 2.94. The quantitative estimate of drug-likeness (QED) is 0.734. The Hall–Kier alpha value is 0.0934. The van der Waals surface area contributed by atoms with E-state index in [4.69, 9.17) is 5.11 Å². The Bertz CT molecular complexity index is 179. The van der Waals surface area contributed by atoms with E-state index in [1.54, 1.807) is 20.8 Å². The molecule has 1 fully saturated rings. The third-order valence-corrected chi connectivity index (χ3v) is 2.94. The number of hydrogen-bond donors (Lipinski definition) is 1. The van der Waals surface area contributed by atoms with Crippen LogP contribution in [0.5, 0.6) is 0 Å². The molecule has 0 aliphatic heterocycles. The monoisotopic (exact) mass is 278 g/mol. The molecule has 3 heteroatoms. The van der Waals surface area contributed by atoms with E-state index in [0.29, 0.717) is 0 Å². The van der Waals surface area contributed by atoms with Gasteiger partial charge in [-0.25, -0.2) is 0 Å². The Kier molecular flexibility index (Phi) is 10.6. The molecule has 2 nitrogen and oxygen atoms in total. The van der Waals surface area contributed by atoms with Crippen LogP contribution in [0.25, 0.3) is 0 Å². The zero-order chi connectivity index (χ0) is 11.9. The van der Waals surface area contributed by atoms with E-state index < -0.39 is 11.4 Å². The van der Waals surface area contributed by atoms with Crippen molar-refractivity contribution in [2.24, 2.45) is 11.3 Å². The molecule has 0 amide bonds. The van der Waals surface area contributed by atoms with E-state index in [1.165, 1.54) is 38.5 Å². The number of carboxylic acids is 1. The molecule has 1 aliphatic rings. The average Bonchev–Trinajstić information content (AvgIpc) is 2.18. The molecule has 16 heavy (non-hydrogen) atoms. The SMILES string of the molecule is CC(C)(C)C(=O)O.CCC1CCCCC1.[Zn]. The van der Waals surface area contributed by atoms with Gasteiger partial charge >= 0.3 is 5.97 Å². The maximum absolute atomic E-state index is 10.0. The fourth-order valence-electron chi connectivity index (χ4n) is 1.60. The summed E-state index contributed by atoms with van der Waals surface area (Å²) in [6, 6.07) is 0. The molecular formula is C13H26O2Zn. The molecule has 0 atom stereocenters. The summed E-state index contributed by atoms with van der Waals surface area (Å²) in [7, 11) is 0. The molecule has 0 aromatic rings. The molecular weight excluding hydrogens is 254 g/mol. The fourth-order valence-corrected chi connectivity index (χ4v) is 1.60. The Balaban J connectivity index is 0. The minimum absolute atomic E-state index is 0. The van der Waals surface area contributed by atoms with Crippen LogP contribution in [0.3, 0.4) is 0 Å². The van der Waals surface area contributed by atoms with Gasteiger partial charge < -0.3 is 5.11 Å². The number of rotatable bonds is 1. The van der Waals surface area contributed by atoms with Crippen molar-refractivity contribution in [1.82, 2.24) is 0 Å². The molecule has 1 saturated carbocycles.